The lowest BCUT2D eigenvalue weighted by Crippen LogP contribution is -2.30. The summed E-state index contributed by atoms with van der Waals surface area (Å²) in [6.07, 6.45) is -0.106. The third-order valence-corrected chi connectivity index (χ3v) is 3.87. The van der Waals surface area contributed by atoms with Crippen molar-refractivity contribution in [3.8, 4) is 11.5 Å². The van der Waals surface area contributed by atoms with Crippen molar-refractivity contribution in [3.63, 3.8) is 0 Å². The molecule has 0 spiro atoms. The van der Waals surface area contributed by atoms with Crippen LogP contribution in [0.4, 0.5) is 5.69 Å². The van der Waals surface area contributed by atoms with Crippen molar-refractivity contribution in [1.82, 2.24) is 0 Å². The topological polar surface area (TPSA) is 73.9 Å². The van der Waals surface area contributed by atoms with Crippen LogP contribution in [0.3, 0.4) is 0 Å². The predicted molar refractivity (Wildman–Crippen MR) is 104 cm³/mol. The highest BCUT2D eigenvalue weighted by Crippen LogP contribution is 2.27. The number of halogens is 1. The maximum Gasteiger partial charge on any atom is 0.338 e. The molecule has 0 aliphatic carbocycles. The Morgan fingerprint density at radius 3 is 2.48 bits per heavy atom. The van der Waals surface area contributed by atoms with E-state index in [1.54, 1.807) is 42.5 Å². The van der Waals surface area contributed by atoms with Crippen LogP contribution in [0.5, 0.6) is 11.5 Å². The van der Waals surface area contributed by atoms with Gasteiger partial charge in [0.15, 0.2) is 6.10 Å². The van der Waals surface area contributed by atoms with Crippen LogP contribution in [0.15, 0.2) is 42.5 Å². The third-order valence-electron chi connectivity index (χ3n) is 3.64. The summed E-state index contributed by atoms with van der Waals surface area (Å²) in [5.74, 6) is 0.0331. The molecule has 0 radical (unpaired) electrons. The summed E-state index contributed by atoms with van der Waals surface area (Å²) in [4.78, 5) is 24.5. The minimum atomic E-state index is -1.00. The van der Waals surface area contributed by atoms with E-state index >= 15 is 0 Å². The summed E-state index contributed by atoms with van der Waals surface area (Å²) in [6.45, 7) is 4.11. The number of rotatable bonds is 8. The molecule has 1 amide bonds. The van der Waals surface area contributed by atoms with Crippen molar-refractivity contribution in [2.45, 2.75) is 26.4 Å². The molecule has 0 aliphatic rings. The van der Waals surface area contributed by atoms with Crippen LogP contribution < -0.4 is 14.8 Å². The van der Waals surface area contributed by atoms with E-state index < -0.39 is 18.0 Å². The molecule has 144 valence electrons. The lowest BCUT2D eigenvalue weighted by atomic mass is 10.2. The van der Waals surface area contributed by atoms with E-state index in [0.717, 1.165) is 6.42 Å². The van der Waals surface area contributed by atoms with Gasteiger partial charge >= 0.3 is 5.97 Å². The Hall–Kier alpha value is -2.73. The first-order chi connectivity index (χ1) is 12.9. The molecule has 0 fully saturated rings. The molecule has 1 N–H and O–H groups in total. The Bertz CT molecular complexity index is 791. The normalized spacial score (nSPS) is 11.4. The first kappa shape index (κ1) is 20.6. The maximum absolute atomic E-state index is 12.3. The number of ether oxygens (including phenoxy) is 3. The Morgan fingerprint density at radius 2 is 1.85 bits per heavy atom. The van der Waals surface area contributed by atoms with Crippen molar-refractivity contribution >= 4 is 29.2 Å². The second-order valence-electron chi connectivity index (χ2n) is 5.75. The summed E-state index contributed by atoms with van der Waals surface area (Å²) in [5.41, 5.74) is 0.731. The molecule has 0 saturated carbocycles. The fraction of sp³-hybridized carbons (Fsp3) is 0.300. The molecule has 2 aromatic carbocycles. The quantitative estimate of drug-likeness (QED) is 0.678. The Balaban J connectivity index is 1.97. The summed E-state index contributed by atoms with van der Waals surface area (Å²) >= 11 is 5.94. The van der Waals surface area contributed by atoms with Crippen LogP contribution in [-0.2, 0) is 9.53 Å². The third kappa shape index (κ3) is 5.89. The zero-order chi connectivity index (χ0) is 19.8. The standard InChI is InChI=1S/C20H22ClNO5/c1-4-11-26-16-8-5-14(6-9-16)20(24)27-13(2)19(23)22-17-12-15(21)7-10-18(17)25-3/h5-10,12-13H,4,11H2,1-3H3,(H,22,23)/t13-/m1/s1. The van der Waals surface area contributed by atoms with Crippen LogP contribution in [0, 0.1) is 0 Å². The molecule has 2 aromatic rings. The molecular weight excluding hydrogens is 370 g/mol. The number of hydrogen-bond acceptors (Lipinski definition) is 5. The van der Waals surface area contributed by atoms with Gasteiger partial charge in [0.2, 0.25) is 0 Å². The molecule has 0 unspecified atom stereocenters. The Morgan fingerprint density at radius 1 is 1.15 bits per heavy atom. The van der Waals surface area contributed by atoms with Gasteiger partial charge in [0, 0.05) is 5.02 Å². The molecule has 0 bridgehead atoms. The average Bonchev–Trinajstić information content (AvgIpc) is 2.66. The molecule has 0 heterocycles. The van der Waals surface area contributed by atoms with Gasteiger partial charge in [-0.2, -0.15) is 0 Å². The SMILES string of the molecule is CCCOc1ccc(C(=O)O[C@H](C)C(=O)Nc2cc(Cl)ccc2OC)cc1. The second kappa shape index (κ2) is 9.83. The van der Waals surface area contributed by atoms with Gasteiger partial charge in [-0.25, -0.2) is 4.79 Å². The Kier molecular flexibility index (Phi) is 7.49. The highest BCUT2D eigenvalue weighted by molar-refractivity contribution is 6.31. The number of carbonyl (C=O) groups excluding carboxylic acids is 2. The smallest absolute Gasteiger partial charge is 0.338 e. The minimum Gasteiger partial charge on any atom is -0.495 e. The van der Waals surface area contributed by atoms with E-state index in [-0.39, 0.29) is 0 Å². The largest absolute Gasteiger partial charge is 0.495 e. The number of amides is 1. The van der Waals surface area contributed by atoms with Gasteiger partial charge in [0.1, 0.15) is 11.5 Å². The summed E-state index contributed by atoms with van der Waals surface area (Å²) in [5, 5.41) is 3.09. The first-order valence-electron chi connectivity index (χ1n) is 8.52. The zero-order valence-corrected chi connectivity index (χ0v) is 16.2. The molecular formula is C20H22ClNO5. The van der Waals surface area contributed by atoms with Crippen LogP contribution in [-0.4, -0.2) is 31.7 Å². The van der Waals surface area contributed by atoms with Crippen molar-refractivity contribution in [2.75, 3.05) is 19.0 Å². The van der Waals surface area contributed by atoms with E-state index in [1.165, 1.54) is 14.0 Å². The van der Waals surface area contributed by atoms with E-state index in [9.17, 15) is 9.59 Å². The predicted octanol–water partition coefficient (Wildman–Crippen LogP) is 4.32. The van der Waals surface area contributed by atoms with E-state index in [0.29, 0.717) is 34.4 Å². The highest BCUT2D eigenvalue weighted by atomic mass is 35.5. The van der Waals surface area contributed by atoms with Crippen LogP contribution in [0.2, 0.25) is 5.02 Å². The number of nitrogens with one attached hydrogen (secondary N) is 1. The van der Waals surface area contributed by atoms with Crippen molar-refractivity contribution < 1.29 is 23.8 Å². The number of hydrogen-bond donors (Lipinski definition) is 1. The van der Waals surface area contributed by atoms with Gasteiger partial charge in [-0.05, 0) is 55.8 Å². The molecule has 0 aromatic heterocycles. The number of anilines is 1. The fourth-order valence-electron chi connectivity index (χ4n) is 2.20. The molecule has 7 heteroatoms. The van der Waals surface area contributed by atoms with Gasteiger partial charge in [0.05, 0.1) is 25.0 Å². The van der Waals surface area contributed by atoms with Gasteiger partial charge in [-0.15, -0.1) is 0 Å². The molecule has 27 heavy (non-hydrogen) atoms. The van der Waals surface area contributed by atoms with Crippen molar-refractivity contribution in [2.24, 2.45) is 0 Å². The van der Waals surface area contributed by atoms with Crippen molar-refractivity contribution in [3.05, 3.63) is 53.1 Å². The highest BCUT2D eigenvalue weighted by Gasteiger charge is 2.20. The molecule has 1 atom stereocenters. The van der Waals surface area contributed by atoms with Crippen LogP contribution in [0.25, 0.3) is 0 Å². The van der Waals surface area contributed by atoms with Crippen molar-refractivity contribution in [1.29, 1.82) is 0 Å². The minimum absolute atomic E-state index is 0.332. The van der Waals surface area contributed by atoms with Gasteiger partial charge in [-0.1, -0.05) is 18.5 Å². The fourth-order valence-corrected chi connectivity index (χ4v) is 2.37. The average molecular weight is 392 g/mol. The zero-order valence-electron chi connectivity index (χ0n) is 15.5. The number of carbonyl (C=O) groups is 2. The number of methoxy groups -OCH3 is 1. The monoisotopic (exact) mass is 391 g/mol. The molecule has 6 nitrogen and oxygen atoms in total. The molecule has 0 saturated heterocycles. The van der Waals surface area contributed by atoms with Gasteiger partial charge < -0.3 is 19.5 Å². The summed E-state index contributed by atoms with van der Waals surface area (Å²) in [6, 6.07) is 11.4. The summed E-state index contributed by atoms with van der Waals surface area (Å²) < 4.78 is 15.9. The van der Waals surface area contributed by atoms with Crippen LogP contribution in [0.1, 0.15) is 30.6 Å². The van der Waals surface area contributed by atoms with E-state index in [2.05, 4.69) is 5.32 Å². The maximum atomic E-state index is 12.3. The summed E-state index contributed by atoms with van der Waals surface area (Å²) in [7, 11) is 1.48. The lowest BCUT2D eigenvalue weighted by Gasteiger charge is -2.15. The number of esters is 1. The van der Waals surface area contributed by atoms with E-state index in [4.69, 9.17) is 25.8 Å². The molecule has 2 rings (SSSR count). The first-order valence-corrected chi connectivity index (χ1v) is 8.90. The van der Waals surface area contributed by atoms with E-state index in [1.807, 2.05) is 6.92 Å². The molecule has 0 aliphatic heterocycles. The van der Waals surface area contributed by atoms with Crippen LogP contribution >= 0.6 is 11.6 Å². The number of benzene rings is 2. The lowest BCUT2D eigenvalue weighted by molar-refractivity contribution is -0.123. The van der Waals surface area contributed by atoms with Gasteiger partial charge in [-0.3, -0.25) is 4.79 Å². The van der Waals surface area contributed by atoms with Gasteiger partial charge in [0.25, 0.3) is 5.91 Å². The Labute approximate surface area is 163 Å². The second-order valence-corrected chi connectivity index (χ2v) is 6.19.